The summed E-state index contributed by atoms with van der Waals surface area (Å²) in [5, 5.41) is 0.424. The van der Waals surface area contributed by atoms with E-state index in [0.717, 1.165) is 12.0 Å². The Bertz CT molecular complexity index is 1010. The van der Waals surface area contributed by atoms with Crippen molar-refractivity contribution in [1.82, 2.24) is 4.98 Å². The van der Waals surface area contributed by atoms with E-state index in [2.05, 4.69) is 4.98 Å². The van der Waals surface area contributed by atoms with Gasteiger partial charge in [-0.15, -0.1) is 11.3 Å². The summed E-state index contributed by atoms with van der Waals surface area (Å²) in [7, 11) is 0. The lowest BCUT2D eigenvalue weighted by molar-refractivity contribution is -0.119. The van der Waals surface area contributed by atoms with Crippen LogP contribution >= 0.6 is 22.9 Å². The second-order valence-corrected chi connectivity index (χ2v) is 8.79. The fourth-order valence-electron chi connectivity index (χ4n) is 2.29. The molecule has 2 rings (SSSR count). The average Bonchev–Trinajstić information content (AvgIpc) is 2.93. The number of H-pyrrole nitrogens is 1. The Morgan fingerprint density at radius 3 is 2.57 bits per heavy atom. The molecule has 28 heavy (non-hydrogen) atoms. The van der Waals surface area contributed by atoms with Crippen molar-refractivity contribution in [2.24, 2.45) is 5.41 Å². The third kappa shape index (κ3) is 5.72. The summed E-state index contributed by atoms with van der Waals surface area (Å²) in [6, 6.07) is 3.53. The molecule has 0 unspecified atom stereocenters. The zero-order chi connectivity index (χ0) is 20.9. The molecule has 2 aromatic rings. The van der Waals surface area contributed by atoms with E-state index in [1.54, 1.807) is 18.2 Å². The molecule has 0 fully saturated rings. The van der Waals surface area contributed by atoms with E-state index in [1.807, 2.05) is 34.6 Å². The van der Waals surface area contributed by atoms with E-state index >= 15 is 0 Å². The molecule has 1 aromatic heterocycles. The van der Waals surface area contributed by atoms with Crippen molar-refractivity contribution in [2.45, 2.75) is 41.0 Å². The number of aromatic amines is 1. The summed E-state index contributed by atoms with van der Waals surface area (Å²) in [6.07, 6.45) is 4.05. The summed E-state index contributed by atoms with van der Waals surface area (Å²) in [4.78, 5) is 27.2. The van der Waals surface area contributed by atoms with Gasteiger partial charge in [0, 0.05) is 11.5 Å². The van der Waals surface area contributed by atoms with Gasteiger partial charge in [0.05, 0.1) is 27.4 Å². The van der Waals surface area contributed by atoms with Crippen LogP contribution in [-0.2, 0) is 4.79 Å². The van der Waals surface area contributed by atoms with E-state index in [4.69, 9.17) is 21.1 Å². The van der Waals surface area contributed by atoms with Gasteiger partial charge in [-0.05, 0) is 37.1 Å². The van der Waals surface area contributed by atoms with Crippen LogP contribution in [0.25, 0.3) is 12.2 Å². The zero-order valence-corrected chi connectivity index (χ0v) is 18.4. The molecule has 0 saturated heterocycles. The smallest absolute Gasteiger partial charge is 0.266 e. The lowest BCUT2D eigenvalue weighted by Gasteiger charge is -2.13. The highest BCUT2D eigenvalue weighted by Gasteiger charge is 2.18. The highest BCUT2D eigenvalue weighted by atomic mass is 35.5. The van der Waals surface area contributed by atoms with Crippen molar-refractivity contribution in [3.63, 3.8) is 0 Å². The van der Waals surface area contributed by atoms with Gasteiger partial charge in [-0.2, -0.15) is 0 Å². The molecule has 152 valence electrons. The predicted molar refractivity (Wildman–Crippen MR) is 115 cm³/mol. The van der Waals surface area contributed by atoms with Crippen LogP contribution < -0.4 is 24.2 Å². The highest BCUT2D eigenvalue weighted by Crippen LogP contribution is 2.37. The van der Waals surface area contributed by atoms with Crippen molar-refractivity contribution in [2.75, 3.05) is 13.2 Å². The molecule has 1 heterocycles. The largest absolute Gasteiger partial charge is 0.490 e. The summed E-state index contributed by atoms with van der Waals surface area (Å²) in [5.41, 5.74) is -0.0318. The molecule has 0 saturated carbocycles. The minimum atomic E-state index is -0.501. The monoisotopic (exact) mass is 423 g/mol. The zero-order valence-electron chi connectivity index (χ0n) is 16.8. The molecular weight excluding hydrogens is 398 g/mol. The maximum atomic E-state index is 12.3. The topological polar surface area (TPSA) is 68.4 Å². The standard InChI is InChI=1S/C21H26ClNO4S/c1-6-8-27-19-14(22)9-13(10-15(19)26-7-2)11-16-20(25)23-18(28-16)12-17(24)21(3,4)5/h9-12H,6-8H2,1-5H3,(H,23,25). The number of benzene rings is 1. The second-order valence-electron chi connectivity index (χ2n) is 7.30. The van der Waals surface area contributed by atoms with Crippen LogP contribution in [0.5, 0.6) is 11.5 Å². The molecule has 0 aliphatic heterocycles. The maximum Gasteiger partial charge on any atom is 0.266 e. The molecule has 0 spiro atoms. The molecule has 1 aromatic carbocycles. The van der Waals surface area contributed by atoms with E-state index < -0.39 is 5.41 Å². The molecule has 0 aliphatic rings. The molecule has 1 N–H and O–H groups in total. The van der Waals surface area contributed by atoms with Crippen LogP contribution in [-0.4, -0.2) is 24.0 Å². The second kappa shape index (κ2) is 9.43. The van der Waals surface area contributed by atoms with E-state index in [1.165, 1.54) is 17.4 Å². The lowest BCUT2D eigenvalue weighted by Crippen LogP contribution is -2.22. The number of hydrogen-bond acceptors (Lipinski definition) is 5. The average molecular weight is 424 g/mol. The Hall–Kier alpha value is -2.05. The van der Waals surface area contributed by atoms with Gasteiger partial charge in [-0.25, -0.2) is 0 Å². The third-order valence-corrected chi connectivity index (χ3v) is 5.01. The van der Waals surface area contributed by atoms with Crippen molar-refractivity contribution >= 4 is 40.9 Å². The SMILES string of the molecule is CCCOc1c(Cl)cc(C=c2sc(=CC(=O)C(C)(C)C)[nH]c2=O)cc1OCC. The van der Waals surface area contributed by atoms with Crippen LogP contribution in [0, 0.1) is 5.41 Å². The number of carbonyl (C=O) groups is 1. The number of aromatic nitrogens is 1. The minimum Gasteiger partial charge on any atom is -0.490 e. The number of rotatable bonds is 7. The number of ether oxygens (including phenoxy) is 2. The highest BCUT2D eigenvalue weighted by molar-refractivity contribution is 7.07. The van der Waals surface area contributed by atoms with Gasteiger partial charge >= 0.3 is 0 Å². The first-order valence-electron chi connectivity index (χ1n) is 9.21. The van der Waals surface area contributed by atoms with Gasteiger partial charge in [0.25, 0.3) is 5.56 Å². The third-order valence-electron chi connectivity index (χ3n) is 3.76. The van der Waals surface area contributed by atoms with Crippen molar-refractivity contribution in [3.8, 4) is 11.5 Å². The van der Waals surface area contributed by atoms with Crippen molar-refractivity contribution in [1.29, 1.82) is 0 Å². The molecule has 0 amide bonds. The summed E-state index contributed by atoms with van der Waals surface area (Å²) in [6.45, 7) is 10.4. The minimum absolute atomic E-state index is 0.0457. The number of ketones is 1. The van der Waals surface area contributed by atoms with E-state index in [0.29, 0.717) is 38.9 Å². The van der Waals surface area contributed by atoms with Crippen LogP contribution in [0.15, 0.2) is 16.9 Å². The Morgan fingerprint density at radius 2 is 1.96 bits per heavy atom. The molecule has 0 aliphatic carbocycles. The van der Waals surface area contributed by atoms with Crippen LogP contribution in [0.2, 0.25) is 5.02 Å². The summed E-state index contributed by atoms with van der Waals surface area (Å²) in [5.74, 6) is 1.00. The van der Waals surface area contributed by atoms with Gasteiger partial charge in [-0.1, -0.05) is 39.3 Å². The Balaban J connectivity index is 2.49. The number of thiazole rings is 1. The van der Waals surface area contributed by atoms with Crippen LogP contribution in [0.3, 0.4) is 0 Å². The maximum absolute atomic E-state index is 12.3. The lowest BCUT2D eigenvalue weighted by atomic mass is 9.91. The molecule has 0 bridgehead atoms. The van der Waals surface area contributed by atoms with E-state index in [-0.39, 0.29) is 11.3 Å². The van der Waals surface area contributed by atoms with E-state index in [9.17, 15) is 9.59 Å². The quantitative estimate of drug-likeness (QED) is 0.740. The molecular formula is C21H26ClNO4S. The molecule has 0 atom stereocenters. The number of hydrogen-bond donors (Lipinski definition) is 1. The van der Waals surface area contributed by atoms with Gasteiger partial charge in [0.2, 0.25) is 0 Å². The number of nitrogens with one attached hydrogen (secondary N) is 1. The number of Topliss-reactive ketones (excluding diaryl/α,β-unsaturated/α-hetero) is 1. The van der Waals surface area contributed by atoms with Crippen LogP contribution in [0.1, 0.15) is 46.6 Å². The molecule has 0 radical (unpaired) electrons. The van der Waals surface area contributed by atoms with Crippen molar-refractivity contribution in [3.05, 3.63) is 42.3 Å². The Morgan fingerprint density at radius 1 is 1.25 bits per heavy atom. The van der Waals surface area contributed by atoms with Gasteiger partial charge in [-0.3, -0.25) is 9.59 Å². The first kappa shape index (κ1) is 22.2. The van der Waals surface area contributed by atoms with Crippen molar-refractivity contribution < 1.29 is 14.3 Å². The fourth-order valence-corrected chi connectivity index (χ4v) is 3.45. The normalized spacial score (nSPS) is 13.1. The Labute approximate surface area is 173 Å². The molecule has 5 nitrogen and oxygen atoms in total. The number of halogens is 1. The Kier molecular flexibility index (Phi) is 7.49. The summed E-state index contributed by atoms with van der Waals surface area (Å²) >= 11 is 7.60. The van der Waals surface area contributed by atoms with Gasteiger partial charge in [0.15, 0.2) is 17.3 Å². The first-order valence-corrected chi connectivity index (χ1v) is 10.4. The van der Waals surface area contributed by atoms with Gasteiger partial charge in [0.1, 0.15) is 0 Å². The first-order chi connectivity index (χ1) is 13.2. The van der Waals surface area contributed by atoms with Gasteiger partial charge < -0.3 is 14.5 Å². The van der Waals surface area contributed by atoms with Crippen LogP contribution in [0.4, 0.5) is 0 Å². The fraction of sp³-hybridized carbons (Fsp3) is 0.429. The molecule has 7 heteroatoms. The summed E-state index contributed by atoms with van der Waals surface area (Å²) < 4.78 is 12.4. The number of carbonyl (C=O) groups excluding carboxylic acids is 1. The predicted octanol–water partition coefficient (Wildman–Crippen LogP) is 3.50.